The molecule has 164 valence electrons. The molecule has 0 atom stereocenters. The number of sulfone groups is 1. The number of para-hydroxylation sites is 1. The van der Waals surface area contributed by atoms with Crippen molar-refractivity contribution in [3.8, 4) is 11.5 Å². The van der Waals surface area contributed by atoms with Gasteiger partial charge in [0, 0.05) is 13.1 Å². The van der Waals surface area contributed by atoms with Gasteiger partial charge in [0.05, 0.1) is 20.9 Å². The Kier molecular flexibility index (Phi) is 7.12. The fourth-order valence-corrected chi connectivity index (χ4v) is 7.29. The lowest BCUT2D eigenvalue weighted by molar-refractivity contribution is 0.345. The fraction of sp³-hybridized carbons (Fsp3) is 0.429. The zero-order valence-electron chi connectivity index (χ0n) is 17.0. The monoisotopic (exact) mass is 471 g/mol. The molecule has 0 aromatic heterocycles. The molecule has 0 radical (unpaired) electrons. The number of hydrogen-bond donors (Lipinski definition) is 0. The van der Waals surface area contributed by atoms with Gasteiger partial charge in [0.15, 0.2) is 9.84 Å². The largest absolute Gasteiger partial charge is 0.456 e. The summed E-state index contributed by atoms with van der Waals surface area (Å²) in [6.07, 6.45) is 0.643. The Balaban J connectivity index is 1.67. The molecule has 2 aromatic rings. The third kappa shape index (κ3) is 5.35. The van der Waals surface area contributed by atoms with E-state index in [-0.39, 0.29) is 29.7 Å². The molecule has 3 rings (SSSR count). The van der Waals surface area contributed by atoms with Crippen molar-refractivity contribution < 1.29 is 21.6 Å². The van der Waals surface area contributed by atoms with Gasteiger partial charge >= 0.3 is 0 Å². The van der Waals surface area contributed by atoms with Crippen LogP contribution in [0.25, 0.3) is 0 Å². The first kappa shape index (κ1) is 23.1. The molecule has 1 aliphatic rings. The van der Waals surface area contributed by atoms with Gasteiger partial charge in [0.2, 0.25) is 10.0 Å². The van der Waals surface area contributed by atoms with E-state index < -0.39 is 25.1 Å². The standard InChI is InChI=1S/C21H26ClNO5S2/c1-16(2)15-29(24,25)18-11-13-23(14-12-18)30(26,27)19-9-7-17(8-10-19)28-21-6-4-3-5-20(21)22/h3-10,16,18H,11-15H2,1-2H3. The summed E-state index contributed by atoms with van der Waals surface area (Å²) in [7, 11) is -6.90. The summed E-state index contributed by atoms with van der Waals surface area (Å²) < 4.78 is 57.9. The Morgan fingerprint density at radius 1 is 1.00 bits per heavy atom. The van der Waals surface area contributed by atoms with E-state index in [4.69, 9.17) is 16.3 Å². The first-order chi connectivity index (χ1) is 14.1. The van der Waals surface area contributed by atoms with Crippen LogP contribution >= 0.6 is 11.6 Å². The van der Waals surface area contributed by atoms with E-state index in [1.165, 1.54) is 16.4 Å². The Labute approximate surface area is 183 Å². The minimum Gasteiger partial charge on any atom is -0.456 e. The molecule has 1 saturated heterocycles. The van der Waals surface area contributed by atoms with E-state index in [2.05, 4.69) is 0 Å². The number of halogens is 1. The molecule has 9 heteroatoms. The average molecular weight is 472 g/mol. The van der Waals surface area contributed by atoms with Gasteiger partial charge in [-0.05, 0) is 55.2 Å². The summed E-state index contributed by atoms with van der Waals surface area (Å²) in [5, 5.41) is -0.0118. The van der Waals surface area contributed by atoms with Crippen LogP contribution in [-0.4, -0.2) is 45.2 Å². The van der Waals surface area contributed by atoms with Gasteiger partial charge in [-0.15, -0.1) is 0 Å². The number of piperidine rings is 1. The molecule has 0 aliphatic carbocycles. The van der Waals surface area contributed by atoms with Gasteiger partial charge in [-0.25, -0.2) is 16.8 Å². The highest BCUT2D eigenvalue weighted by atomic mass is 35.5. The van der Waals surface area contributed by atoms with Crippen molar-refractivity contribution in [1.82, 2.24) is 4.31 Å². The third-order valence-electron chi connectivity index (χ3n) is 5.00. The first-order valence-corrected chi connectivity index (χ1v) is 13.4. The number of ether oxygens (including phenoxy) is 1. The molecule has 1 heterocycles. The van der Waals surface area contributed by atoms with Gasteiger partial charge in [-0.3, -0.25) is 0 Å². The molecule has 0 spiro atoms. The molecular formula is C21H26ClNO5S2. The summed E-state index contributed by atoms with van der Waals surface area (Å²) in [6, 6.07) is 13.2. The second kappa shape index (κ2) is 9.26. The zero-order valence-corrected chi connectivity index (χ0v) is 19.4. The quantitative estimate of drug-likeness (QED) is 0.599. The highest BCUT2D eigenvalue weighted by Crippen LogP contribution is 2.30. The van der Waals surface area contributed by atoms with Gasteiger partial charge in [0.25, 0.3) is 0 Å². The van der Waals surface area contributed by atoms with Crippen molar-refractivity contribution in [1.29, 1.82) is 0 Å². The van der Waals surface area contributed by atoms with Crippen LogP contribution in [0.1, 0.15) is 26.7 Å². The van der Waals surface area contributed by atoms with Crippen molar-refractivity contribution in [2.45, 2.75) is 36.8 Å². The maximum Gasteiger partial charge on any atom is 0.243 e. The minimum absolute atomic E-state index is 0.0586. The maximum absolute atomic E-state index is 13.0. The van der Waals surface area contributed by atoms with Crippen molar-refractivity contribution in [3.63, 3.8) is 0 Å². The number of sulfonamides is 1. The molecule has 1 aliphatic heterocycles. The predicted octanol–water partition coefficient (Wildman–Crippen LogP) is 4.36. The molecule has 0 bridgehead atoms. The molecule has 0 unspecified atom stereocenters. The number of rotatable bonds is 7. The second-order valence-corrected chi connectivity index (χ2v) is 12.5. The Bertz CT molecular complexity index is 1070. The van der Waals surface area contributed by atoms with Crippen LogP contribution in [-0.2, 0) is 19.9 Å². The van der Waals surface area contributed by atoms with Crippen LogP contribution in [0.5, 0.6) is 11.5 Å². The van der Waals surface area contributed by atoms with Crippen LogP contribution in [0.2, 0.25) is 5.02 Å². The second-order valence-electron chi connectivity index (χ2n) is 7.83. The molecule has 0 amide bonds. The lowest BCUT2D eigenvalue weighted by atomic mass is 10.2. The number of hydrogen-bond acceptors (Lipinski definition) is 5. The van der Waals surface area contributed by atoms with Gasteiger partial charge in [-0.1, -0.05) is 37.6 Å². The SMILES string of the molecule is CC(C)CS(=O)(=O)C1CCN(S(=O)(=O)c2ccc(Oc3ccccc3Cl)cc2)CC1. The van der Waals surface area contributed by atoms with Crippen LogP contribution in [0.3, 0.4) is 0 Å². The molecule has 30 heavy (non-hydrogen) atoms. The smallest absolute Gasteiger partial charge is 0.243 e. The molecule has 0 saturated carbocycles. The van der Waals surface area contributed by atoms with Crippen molar-refractivity contribution in [2.75, 3.05) is 18.8 Å². The fourth-order valence-electron chi connectivity index (χ4n) is 3.52. The lowest BCUT2D eigenvalue weighted by Gasteiger charge is -2.31. The van der Waals surface area contributed by atoms with Crippen molar-refractivity contribution in [2.24, 2.45) is 5.92 Å². The van der Waals surface area contributed by atoms with Gasteiger partial charge in [0.1, 0.15) is 11.5 Å². The highest BCUT2D eigenvalue weighted by molar-refractivity contribution is 7.92. The maximum atomic E-state index is 13.0. The van der Waals surface area contributed by atoms with Gasteiger partial charge < -0.3 is 4.74 Å². The average Bonchev–Trinajstić information content (AvgIpc) is 2.69. The number of nitrogens with zero attached hydrogens (tertiary/aromatic N) is 1. The van der Waals surface area contributed by atoms with Crippen molar-refractivity contribution in [3.05, 3.63) is 53.6 Å². The van der Waals surface area contributed by atoms with Gasteiger partial charge in [-0.2, -0.15) is 4.31 Å². The van der Waals surface area contributed by atoms with Crippen LogP contribution in [0, 0.1) is 5.92 Å². The summed E-state index contributed by atoms with van der Waals surface area (Å²) >= 11 is 6.08. The molecule has 1 fully saturated rings. The third-order valence-corrected chi connectivity index (χ3v) is 9.84. The van der Waals surface area contributed by atoms with Crippen LogP contribution < -0.4 is 4.74 Å². The van der Waals surface area contributed by atoms with E-state index in [1.807, 2.05) is 13.8 Å². The predicted molar refractivity (Wildman–Crippen MR) is 118 cm³/mol. The van der Waals surface area contributed by atoms with E-state index in [0.29, 0.717) is 29.4 Å². The molecular weight excluding hydrogens is 446 g/mol. The first-order valence-electron chi connectivity index (χ1n) is 9.84. The molecule has 6 nitrogen and oxygen atoms in total. The van der Waals surface area contributed by atoms with Crippen molar-refractivity contribution >= 4 is 31.5 Å². The Hall–Kier alpha value is -1.61. The summed E-state index contributed by atoms with van der Waals surface area (Å²) in [6.45, 7) is 4.14. The zero-order chi connectivity index (χ0) is 21.9. The van der Waals surface area contributed by atoms with E-state index in [9.17, 15) is 16.8 Å². The van der Waals surface area contributed by atoms with Crippen LogP contribution in [0.15, 0.2) is 53.4 Å². The summed E-state index contributed by atoms with van der Waals surface area (Å²) in [4.78, 5) is 0.150. The topological polar surface area (TPSA) is 80.8 Å². The Morgan fingerprint density at radius 2 is 1.60 bits per heavy atom. The number of benzene rings is 2. The minimum atomic E-state index is -3.69. The summed E-state index contributed by atoms with van der Waals surface area (Å²) in [5.41, 5.74) is 0. The molecule has 2 aromatic carbocycles. The molecule has 0 N–H and O–H groups in total. The van der Waals surface area contributed by atoms with E-state index in [1.54, 1.807) is 36.4 Å². The lowest BCUT2D eigenvalue weighted by Crippen LogP contribution is -2.43. The highest BCUT2D eigenvalue weighted by Gasteiger charge is 2.35. The van der Waals surface area contributed by atoms with Crippen LogP contribution in [0.4, 0.5) is 0 Å². The van der Waals surface area contributed by atoms with E-state index in [0.717, 1.165) is 0 Å². The summed E-state index contributed by atoms with van der Waals surface area (Å²) in [5.74, 6) is 1.15. The normalized spacial score (nSPS) is 16.7. The Morgan fingerprint density at radius 3 is 2.17 bits per heavy atom. The van der Waals surface area contributed by atoms with E-state index >= 15 is 0 Å².